The summed E-state index contributed by atoms with van der Waals surface area (Å²) in [7, 11) is 1.69. The smallest absolute Gasteiger partial charge is 0.225 e. The van der Waals surface area contributed by atoms with Gasteiger partial charge in [0.1, 0.15) is 0 Å². The lowest BCUT2D eigenvalue weighted by Gasteiger charge is -2.37. The van der Waals surface area contributed by atoms with Crippen molar-refractivity contribution >= 4 is 35.1 Å². The fourth-order valence-electron chi connectivity index (χ4n) is 6.37. The molecule has 2 N–H and O–H groups in total. The number of nitrogens with zero attached hydrogens (tertiary/aromatic N) is 6. The Labute approximate surface area is 262 Å². The number of nitrogens with one attached hydrogen (secondary N) is 1. The van der Waals surface area contributed by atoms with Crippen LogP contribution in [-0.4, -0.2) is 94.2 Å². The average Bonchev–Trinajstić information content (AvgIpc) is 3.37. The molecule has 0 aliphatic carbocycles. The molecular weight excluding hydrogens is 589 g/mol. The van der Waals surface area contributed by atoms with E-state index < -0.39 is 0 Å². The van der Waals surface area contributed by atoms with Crippen molar-refractivity contribution in [3.8, 4) is 22.9 Å². The molecule has 5 heterocycles. The number of carbonyl (C=O) groups excluding carboxylic acids is 1. The van der Waals surface area contributed by atoms with E-state index in [1.54, 1.807) is 25.5 Å². The standard InChI is InChI=1S/C31H37Cl2N7O3/c1-34-29(42)9-20-2-4-38(5-3-20)17-21-8-28(22-11-23(32)13-24(33)12-22)37-30(10-21)43-27-15-35-31(36-16-27)40-7-6-39-19-26(41)14-25(39)18-40/h8,10-13,15-16,20,25-26,41H,2-7,9,14,17-19H2,1H3,(H,34,42)/t25-,26+/m1/s1. The first-order chi connectivity index (χ1) is 20.8. The minimum absolute atomic E-state index is 0.104. The Hall–Kier alpha value is -3.02. The number of aliphatic hydroxyl groups is 1. The molecule has 1 aromatic carbocycles. The highest BCUT2D eigenvalue weighted by Crippen LogP contribution is 2.31. The van der Waals surface area contributed by atoms with Gasteiger partial charge in [-0.3, -0.25) is 14.6 Å². The third-order valence-electron chi connectivity index (χ3n) is 8.60. The highest BCUT2D eigenvalue weighted by Gasteiger charge is 2.36. The molecule has 2 atom stereocenters. The molecule has 1 amide bonds. The molecular formula is C31H37Cl2N7O3. The van der Waals surface area contributed by atoms with Crippen LogP contribution in [0.1, 0.15) is 31.2 Å². The number of piperazine rings is 1. The number of hydrogen-bond acceptors (Lipinski definition) is 9. The number of fused-ring (bicyclic) bond motifs is 1. The fourth-order valence-corrected chi connectivity index (χ4v) is 6.89. The maximum atomic E-state index is 11.8. The Kier molecular flexibility index (Phi) is 9.30. The van der Waals surface area contributed by atoms with Crippen molar-refractivity contribution in [2.75, 3.05) is 51.2 Å². The van der Waals surface area contributed by atoms with E-state index in [1.807, 2.05) is 24.3 Å². The van der Waals surface area contributed by atoms with Crippen molar-refractivity contribution in [2.24, 2.45) is 5.92 Å². The van der Waals surface area contributed by atoms with Crippen molar-refractivity contribution in [1.82, 2.24) is 30.1 Å². The average molecular weight is 627 g/mol. The molecule has 0 bridgehead atoms. The van der Waals surface area contributed by atoms with E-state index in [-0.39, 0.29) is 12.0 Å². The number of anilines is 1. The van der Waals surface area contributed by atoms with Gasteiger partial charge in [-0.2, -0.15) is 0 Å². The van der Waals surface area contributed by atoms with Crippen LogP contribution in [0.2, 0.25) is 10.0 Å². The van der Waals surface area contributed by atoms with E-state index in [1.165, 1.54) is 0 Å². The number of aromatic nitrogens is 3. The van der Waals surface area contributed by atoms with Gasteiger partial charge in [0.15, 0.2) is 5.75 Å². The van der Waals surface area contributed by atoms with E-state index in [2.05, 4.69) is 30.0 Å². The lowest BCUT2D eigenvalue weighted by Crippen LogP contribution is -2.50. The van der Waals surface area contributed by atoms with E-state index in [9.17, 15) is 9.90 Å². The third-order valence-corrected chi connectivity index (χ3v) is 9.04. The number of hydrogen-bond donors (Lipinski definition) is 2. The van der Waals surface area contributed by atoms with Gasteiger partial charge in [-0.1, -0.05) is 23.2 Å². The summed E-state index contributed by atoms with van der Waals surface area (Å²) in [5, 5.41) is 13.8. The predicted molar refractivity (Wildman–Crippen MR) is 167 cm³/mol. The zero-order valence-electron chi connectivity index (χ0n) is 24.3. The summed E-state index contributed by atoms with van der Waals surface area (Å²) in [4.78, 5) is 32.7. The van der Waals surface area contributed by atoms with Gasteiger partial charge in [0.2, 0.25) is 17.7 Å². The molecule has 3 saturated heterocycles. The van der Waals surface area contributed by atoms with Crippen LogP contribution in [0, 0.1) is 5.92 Å². The Bertz CT molecular complexity index is 1420. The molecule has 12 heteroatoms. The number of halogens is 2. The number of benzene rings is 1. The summed E-state index contributed by atoms with van der Waals surface area (Å²) in [6.07, 6.45) is 6.45. The highest BCUT2D eigenvalue weighted by molar-refractivity contribution is 6.35. The van der Waals surface area contributed by atoms with E-state index >= 15 is 0 Å². The minimum atomic E-state index is -0.251. The number of likely N-dealkylation sites (tertiary alicyclic amines) is 1. The zero-order chi connectivity index (χ0) is 29.9. The summed E-state index contributed by atoms with van der Waals surface area (Å²) < 4.78 is 6.20. The fraction of sp³-hybridized carbons (Fsp3) is 0.484. The van der Waals surface area contributed by atoms with Gasteiger partial charge in [-0.15, -0.1) is 0 Å². The molecule has 2 aromatic heterocycles. The molecule has 3 fully saturated rings. The van der Waals surface area contributed by atoms with Gasteiger partial charge in [0.25, 0.3) is 0 Å². The number of aliphatic hydroxyl groups excluding tert-OH is 1. The molecule has 0 radical (unpaired) electrons. The van der Waals surface area contributed by atoms with Gasteiger partial charge in [-0.25, -0.2) is 15.0 Å². The number of ether oxygens (including phenoxy) is 1. The van der Waals surface area contributed by atoms with Crippen molar-refractivity contribution in [3.63, 3.8) is 0 Å². The number of piperidine rings is 1. The predicted octanol–water partition coefficient (Wildman–Crippen LogP) is 4.24. The largest absolute Gasteiger partial charge is 0.436 e. The Morgan fingerprint density at radius 1 is 1.02 bits per heavy atom. The number of pyridine rings is 1. The lowest BCUT2D eigenvalue weighted by atomic mass is 9.93. The van der Waals surface area contributed by atoms with Gasteiger partial charge < -0.3 is 20.1 Å². The first-order valence-corrected chi connectivity index (χ1v) is 15.6. The Balaban J connectivity index is 1.17. The molecule has 0 unspecified atom stereocenters. The van der Waals surface area contributed by atoms with Crippen LogP contribution in [0.4, 0.5) is 5.95 Å². The second-order valence-electron chi connectivity index (χ2n) is 11.8. The topological polar surface area (TPSA) is 107 Å². The molecule has 6 rings (SSSR count). The number of rotatable bonds is 8. The highest BCUT2D eigenvalue weighted by atomic mass is 35.5. The number of carbonyl (C=O) groups is 1. The van der Waals surface area contributed by atoms with Crippen molar-refractivity contribution < 1.29 is 14.6 Å². The molecule has 0 saturated carbocycles. The second-order valence-corrected chi connectivity index (χ2v) is 12.6. The Morgan fingerprint density at radius 2 is 1.77 bits per heavy atom. The summed E-state index contributed by atoms with van der Waals surface area (Å²) in [5.74, 6) is 2.10. The van der Waals surface area contributed by atoms with E-state index in [4.69, 9.17) is 32.9 Å². The second kappa shape index (κ2) is 13.3. The maximum absolute atomic E-state index is 11.8. The van der Waals surface area contributed by atoms with Crippen molar-refractivity contribution in [2.45, 2.75) is 44.4 Å². The lowest BCUT2D eigenvalue weighted by molar-refractivity contribution is -0.121. The van der Waals surface area contributed by atoms with E-state index in [0.717, 1.165) is 76.2 Å². The number of amides is 1. The van der Waals surface area contributed by atoms with E-state index in [0.29, 0.717) is 51.7 Å². The first-order valence-electron chi connectivity index (χ1n) is 14.9. The van der Waals surface area contributed by atoms with Crippen LogP contribution in [0.25, 0.3) is 11.3 Å². The quantitative estimate of drug-likeness (QED) is 0.380. The van der Waals surface area contributed by atoms with Crippen molar-refractivity contribution in [1.29, 1.82) is 0 Å². The summed E-state index contributed by atoms with van der Waals surface area (Å²) >= 11 is 12.7. The summed E-state index contributed by atoms with van der Waals surface area (Å²) in [5.41, 5.74) is 2.56. The van der Waals surface area contributed by atoms with Crippen LogP contribution < -0.4 is 15.0 Å². The molecule has 3 aliphatic rings. The van der Waals surface area contributed by atoms with Gasteiger partial charge in [-0.05, 0) is 68.1 Å². The SMILES string of the molecule is CNC(=O)CC1CCN(Cc2cc(Oc3cnc(N4CCN5C[C@@H](O)C[C@@H]5C4)nc3)nc(-c3cc(Cl)cc(Cl)c3)c2)CC1. The summed E-state index contributed by atoms with van der Waals surface area (Å²) in [6.45, 7) is 5.82. The molecule has 3 aliphatic heterocycles. The van der Waals surface area contributed by atoms with Gasteiger partial charge in [0, 0.05) is 73.9 Å². The van der Waals surface area contributed by atoms with Crippen LogP contribution in [-0.2, 0) is 11.3 Å². The molecule has 3 aromatic rings. The zero-order valence-corrected chi connectivity index (χ0v) is 25.8. The van der Waals surface area contributed by atoms with Gasteiger partial charge >= 0.3 is 0 Å². The normalized spacial score (nSPS) is 21.5. The third kappa shape index (κ3) is 7.56. The van der Waals surface area contributed by atoms with Crippen LogP contribution in [0.3, 0.4) is 0 Å². The molecule has 10 nitrogen and oxygen atoms in total. The maximum Gasteiger partial charge on any atom is 0.225 e. The molecule has 228 valence electrons. The minimum Gasteiger partial charge on any atom is -0.436 e. The first kappa shape index (κ1) is 30.0. The van der Waals surface area contributed by atoms with Gasteiger partial charge in [0.05, 0.1) is 24.2 Å². The Morgan fingerprint density at radius 3 is 2.49 bits per heavy atom. The van der Waals surface area contributed by atoms with Crippen LogP contribution in [0.15, 0.2) is 42.7 Å². The van der Waals surface area contributed by atoms with Crippen molar-refractivity contribution in [3.05, 3.63) is 58.3 Å². The molecule has 0 spiro atoms. The molecule has 43 heavy (non-hydrogen) atoms. The van der Waals surface area contributed by atoms with Crippen LogP contribution >= 0.6 is 23.2 Å². The monoisotopic (exact) mass is 625 g/mol. The van der Waals surface area contributed by atoms with Crippen LogP contribution in [0.5, 0.6) is 11.6 Å². The summed E-state index contributed by atoms with van der Waals surface area (Å²) in [6, 6.07) is 9.71.